The van der Waals surface area contributed by atoms with Crippen molar-refractivity contribution in [2.45, 2.75) is 70.7 Å². The summed E-state index contributed by atoms with van der Waals surface area (Å²) in [7, 11) is 0. The van der Waals surface area contributed by atoms with Gasteiger partial charge in [0.1, 0.15) is 18.0 Å². The topological polar surface area (TPSA) is 103 Å². The fourth-order valence-corrected chi connectivity index (χ4v) is 6.68. The maximum Gasteiger partial charge on any atom is 0.410 e. The predicted molar refractivity (Wildman–Crippen MR) is 174 cm³/mol. The van der Waals surface area contributed by atoms with Gasteiger partial charge in [-0.05, 0) is 74.9 Å². The summed E-state index contributed by atoms with van der Waals surface area (Å²) >= 11 is 6.47. The Hall–Kier alpha value is -4.37. The van der Waals surface area contributed by atoms with E-state index in [0.717, 1.165) is 28.7 Å². The largest absolute Gasteiger partial charge is 0.449 e. The number of nitrogens with one attached hydrogen (secondary N) is 1. The Kier molecular flexibility index (Phi) is 8.31. The average Bonchev–Trinajstić information content (AvgIpc) is 3.59. The molecule has 1 unspecified atom stereocenters. The van der Waals surface area contributed by atoms with E-state index in [1.54, 1.807) is 30.0 Å². The molecule has 2 amide bonds. The molecule has 0 bridgehead atoms. The van der Waals surface area contributed by atoms with Gasteiger partial charge >= 0.3 is 12.2 Å². The van der Waals surface area contributed by atoms with Crippen LogP contribution in [0.3, 0.4) is 0 Å². The van der Waals surface area contributed by atoms with E-state index in [2.05, 4.69) is 29.6 Å². The highest BCUT2D eigenvalue weighted by molar-refractivity contribution is 6.35. The molecule has 2 heterocycles. The standard InChI is InChI=1S/C35H37ClN4O5/c1-21(37-33(42)44-20-27-25-14-7-5-12-23(25)24-13-6-8-15-26(24)27)31-38-29-17-9-16-28(36)30(29)32(41)40(31)19-22-11-10-18-39(22)34(43)45-35(2,3)4/h5-9,12-17,21-22,27H,10-11,18-20H2,1-4H3,(H,37,42)/t21-,22?/m0/s1. The molecule has 9 nitrogen and oxygen atoms in total. The van der Waals surface area contributed by atoms with Crippen LogP contribution in [-0.4, -0.2) is 51.4 Å². The third-order valence-electron chi connectivity index (χ3n) is 8.43. The Morgan fingerprint density at radius 3 is 2.36 bits per heavy atom. The van der Waals surface area contributed by atoms with E-state index < -0.39 is 23.8 Å². The maximum atomic E-state index is 13.9. The van der Waals surface area contributed by atoms with Gasteiger partial charge in [0.05, 0.1) is 28.0 Å². The number of carbonyl (C=O) groups excluding carboxylic acids is 2. The second-order valence-corrected chi connectivity index (χ2v) is 13.1. The lowest BCUT2D eigenvalue weighted by molar-refractivity contribution is 0.0212. The summed E-state index contributed by atoms with van der Waals surface area (Å²) in [5.74, 6) is 0.262. The van der Waals surface area contributed by atoms with Crippen molar-refractivity contribution in [3.05, 3.63) is 99.1 Å². The zero-order chi connectivity index (χ0) is 31.9. The van der Waals surface area contributed by atoms with Gasteiger partial charge in [0, 0.05) is 19.0 Å². The van der Waals surface area contributed by atoms with Gasteiger partial charge in [0.25, 0.3) is 5.56 Å². The minimum Gasteiger partial charge on any atom is -0.449 e. The van der Waals surface area contributed by atoms with Crippen LogP contribution < -0.4 is 10.9 Å². The van der Waals surface area contributed by atoms with Crippen molar-refractivity contribution in [3.8, 4) is 11.1 Å². The molecular weight excluding hydrogens is 592 g/mol. The molecular formula is C35H37ClN4O5. The van der Waals surface area contributed by atoms with E-state index in [1.165, 1.54) is 4.57 Å². The molecule has 1 aliphatic heterocycles. The van der Waals surface area contributed by atoms with Gasteiger partial charge in [0.15, 0.2) is 0 Å². The van der Waals surface area contributed by atoms with Gasteiger partial charge in [-0.2, -0.15) is 0 Å². The lowest BCUT2D eigenvalue weighted by Crippen LogP contribution is -2.44. The number of ether oxygens (including phenoxy) is 2. The molecule has 0 spiro atoms. The second-order valence-electron chi connectivity index (χ2n) is 12.7. The molecule has 2 atom stereocenters. The van der Waals surface area contributed by atoms with Crippen LogP contribution in [0.25, 0.3) is 22.0 Å². The molecule has 4 aromatic rings. The van der Waals surface area contributed by atoms with Crippen LogP contribution in [0.4, 0.5) is 9.59 Å². The zero-order valence-electron chi connectivity index (χ0n) is 25.9. The van der Waals surface area contributed by atoms with Gasteiger partial charge in [-0.15, -0.1) is 0 Å². The Balaban J connectivity index is 1.24. The SMILES string of the molecule is C[C@H](NC(=O)OCC1c2ccccc2-c2ccccc21)c1nc2cccc(Cl)c2c(=O)n1CC1CCCN1C(=O)OC(C)(C)C. The number of hydrogen-bond donors (Lipinski definition) is 1. The molecule has 234 valence electrons. The molecule has 0 saturated carbocycles. The quantitative estimate of drug-likeness (QED) is 0.245. The summed E-state index contributed by atoms with van der Waals surface area (Å²) in [5.41, 5.74) is 3.97. The number of fused-ring (bicyclic) bond motifs is 4. The Morgan fingerprint density at radius 2 is 1.69 bits per heavy atom. The first-order valence-electron chi connectivity index (χ1n) is 15.3. The number of aromatic nitrogens is 2. The number of benzene rings is 3. The smallest absolute Gasteiger partial charge is 0.410 e. The van der Waals surface area contributed by atoms with E-state index in [1.807, 2.05) is 45.0 Å². The van der Waals surface area contributed by atoms with Gasteiger partial charge in [-0.25, -0.2) is 14.6 Å². The summed E-state index contributed by atoms with van der Waals surface area (Å²) < 4.78 is 12.9. The average molecular weight is 629 g/mol. The molecule has 10 heteroatoms. The molecule has 1 aliphatic carbocycles. The van der Waals surface area contributed by atoms with Gasteiger partial charge in [0.2, 0.25) is 0 Å². The molecule has 3 aromatic carbocycles. The molecule has 0 radical (unpaired) electrons. The summed E-state index contributed by atoms with van der Waals surface area (Å²) in [6.45, 7) is 8.10. The highest BCUT2D eigenvalue weighted by Gasteiger charge is 2.34. The summed E-state index contributed by atoms with van der Waals surface area (Å²) in [6.07, 6.45) is 0.437. The summed E-state index contributed by atoms with van der Waals surface area (Å²) in [6, 6.07) is 20.4. The van der Waals surface area contributed by atoms with E-state index >= 15 is 0 Å². The second kappa shape index (κ2) is 12.2. The molecule has 2 aliphatic rings. The summed E-state index contributed by atoms with van der Waals surface area (Å²) in [5, 5.41) is 3.46. The minimum atomic E-state index is -0.687. The van der Waals surface area contributed by atoms with Crippen molar-refractivity contribution in [3.63, 3.8) is 0 Å². The van der Waals surface area contributed by atoms with Gasteiger partial charge in [-0.3, -0.25) is 9.36 Å². The Labute approximate surface area is 267 Å². The van der Waals surface area contributed by atoms with Crippen molar-refractivity contribution in [1.82, 2.24) is 19.8 Å². The van der Waals surface area contributed by atoms with Crippen LogP contribution in [0.15, 0.2) is 71.5 Å². The van der Waals surface area contributed by atoms with Crippen LogP contribution in [0.5, 0.6) is 0 Å². The highest BCUT2D eigenvalue weighted by atomic mass is 35.5. The predicted octanol–water partition coefficient (Wildman–Crippen LogP) is 7.05. The number of halogens is 1. The fourth-order valence-electron chi connectivity index (χ4n) is 6.43. The number of alkyl carbamates (subject to hydrolysis) is 1. The first kappa shape index (κ1) is 30.6. The number of likely N-dealkylation sites (tertiary alicyclic amines) is 1. The third kappa shape index (κ3) is 6.14. The van der Waals surface area contributed by atoms with Gasteiger partial charge < -0.3 is 19.7 Å². The molecule has 45 heavy (non-hydrogen) atoms. The first-order chi connectivity index (χ1) is 21.5. The summed E-state index contributed by atoms with van der Waals surface area (Å²) in [4.78, 5) is 46.6. The lowest BCUT2D eigenvalue weighted by Gasteiger charge is -2.30. The molecule has 6 rings (SSSR count). The number of amides is 2. The number of carbonyl (C=O) groups is 2. The first-order valence-corrected chi connectivity index (χ1v) is 15.7. The highest BCUT2D eigenvalue weighted by Crippen LogP contribution is 2.44. The molecule has 1 N–H and O–H groups in total. The van der Waals surface area contributed by atoms with Crippen molar-refractivity contribution >= 4 is 34.7 Å². The van der Waals surface area contributed by atoms with Crippen LogP contribution >= 0.6 is 11.6 Å². The van der Waals surface area contributed by atoms with E-state index in [0.29, 0.717) is 24.3 Å². The lowest BCUT2D eigenvalue weighted by atomic mass is 9.98. The van der Waals surface area contributed by atoms with Crippen molar-refractivity contribution in [1.29, 1.82) is 0 Å². The maximum absolute atomic E-state index is 13.9. The molecule has 1 saturated heterocycles. The van der Waals surface area contributed by atoms with E-state index in [9.17, 15) is 14.4 Å². The normalized spacial score (nSPS) is 16.7. The minimum absolute atomic E-state index is 0.0845. The number of rotatable bonds is 6. The van der Waals surface area contributed by atoms with Gasteiger partial charge in [-0.1, -0.05) is 66.2 Å². The number of nitrogens with zero attached hydrogens (tertiary/aromatic N) is 3. The van der Waals surface area contributed by atoms with Crippen molar-refractivity contribution in [2.24, 2.45) is 0 Å². The van der Waals surface area contributed by atoms with Crippen molar-refractivity contribution in [2.75, 3.05) is 13.2 Å². The van der Waals surface area contributed by atoms with Crippen LogP contribution in [0.1, 0.15) is 69.4 Å². The van der Waals surface area contributed by atoms with E-state index in [4.69, 9.17) is 26.1 Å². The third-order valence-corrected chi connectivity index (χ3v) is 8.74. The number of hydrogen-bond acceptors (Lipinski definition) is 6. The molecule has 1 aromatic heterocycles. The fraction of sp³-hybridized carbons (Fsp3) is 0.371. The van der Waals surface area contributed by atoms with Crippen LogP contribution in [0, 0.1) is 0 Å². The van der Waals surface area contributed by atoms with Crippen LogP contribution in [-0.2, 0) is 16.0 Å². The molecule has 1 fully saturated rings. The Morgan fingerprint density at radius 1 is 1.02 bits per heavy atom. The van der Waals surface area contributed by atoms with Crippen molar-refractivity contribution < 1.29 is 19.1 Å². The Bertz CT molecular complexity index is 1790. The van der Waals surface area contributed by atoms with Crippen LogP contribution in [0.2, 0.25) is 5.02 Å². The monoisotopic (exact) mass is 628 g/mol. The van der Waals surface area contributed by atoms with E-state index in [-0.39, 0.29) is 41.1 Å². The zero-order valence-corrected chi connectivity index (χ0v) is 26.6.